The van der Waals surface area contributed by atoms with E-state index < -0.39 is 0 Å². The largest absolute Gasteiger partial charge is 0.373 e. The van der Waals surface area contributed by atoms with Crippen LogP contribution in [0.4, 0.5) is 4.79 Å². The van der Waals surface area contributed by atoms with Gasteiger partial charge in [-0.1, -0.05) is 12.8 Å². The fourth-order valence-electron chi connectivity index (χ4n) is 4.04. The number of aryl methyl sites for hydroxylation is 2. The van der Waals surface area contributed by atoms with Crippen molar-refractivity contribution in [3.63, 3.8) is 0 Å². The van der Waals surface area contributed by atoms with Crippen LogP contribution in [0.5, 0.6) is 0 Å². The van der Waals surface area contributed by atoms with Gasteiger partial charge in [0.25, 0.3) is 0 Å². The molecule has 24 heavy (non-hydrogen) atoms. The first kappa shape index (κ1) is 17.3. The van der Waals surface area contributed by atoms with Crippen LogP contribution in [0.25, 0.3) is 0 Å². The number of aromatic nitrogens is 2. The maximum atomic E-state index is 12.9. The Hall–Kier alpha value is -1.56. The van der Waals surface area contributed by atoms with E-state index >= 15 is 0 Å². The highest BCUT2D eigenvalue weighted by Crippen LogP contribution is 2.33. The zero-order chi connectivity index (χ0) is 17.2. The van der Waals surface area contributed by atoms with Crippen LogP contribution in [-0.4, -0.2) is 46.4 Å². The van der Waals surface area contributed by atoms with Crippen LogP contribution < -0.4 is 5.32 Å². The van der Waals surface area contributed by atoms with E-state index in [1.165, 1.54) is 12.0 Å². The molecule has 0 aromatic carbocycles. The van der Waals surface area contributed by atoms with Gasteiger partial charge in [-0.05, 0) is 46.5 Å². The summed E-state index contributed by atoms with van der Waals surface area (Å²) in [4.78, 5) is 14.9. The Morgan fingerprint density at radius 1 is 1.38 bits per heavy atom. The Morgan fingerprint density at radius 2 is 2.21 bits per heavy atom. The second-order valence-corrected chi connectivity index (χ2v) is 7.47. The van der Waals surface area contributed by atoms with Crippen molar-refractivity contribution in [2.45, 2.75) is 70.9 Å². The fraction of sp³-hybridized carbons (Fsp3) is 0.778. The molecule has 0 aliphatic carbocycles. The van der Waals surface area contributed by atoms with Gasteiger partial charge in [-0.15, -0.1) is 0 Å². The fourth-order valence-corrected chi connectivity index (χ4v) is 4.04. The summed E-state index contributed by atoms with van der Waals surface area (Å²) in [6.07, 6.45) is 6.48. The Balaban J connectivity index is 1.73. The van der Waals surface area contributed by atoms with Crippen LogP contribution >= 0.6 is 0 Å². The van der Waals surface area contributed by atoms with E-state index in [0.29, 0.717) is 6.54 Å². The van der Waals surface area contributed by atoms with Gasteiger partial charge in [-0.2, -0.15) is 5.10 Å². The normalized spacial score (nSPS) is 28.0. The van der Waals surface area contributed by atoms with Crippen LogP contribution in [-0.2, 0) is 4.74 Å². The van der Waals surface area contributed by atoms with E-state index in [-0.39, 0.29) is 17.7 Å². The van der Waals surface area contributed by atoms with Crippen molar-refractivity contribution in [2.24, 2.45) is 0 Å². The Labute approximate surface area is 144 Å². The van der Waals surface area contributed by atoms with Crippen LogP contribution in [0.2, 0.25) is 0 Å². The molecule has 0 saturated carbocycles. The summed E-state index contributed by atoms with van der Waals surface area (Å²) in [6, 6.07) is 0.141. The van der Waals surface area contributed by atoms with Crippen molar-refractivity contribution >= 4 is 6.03 Å². The lowest BCUT2D eigenvalue weighted by Crippen LogP contribution is -2.47. The summed E-state index contributed by atoms with van der Waals surface area (Å²) in [5.41, 5.74) is 3.06. The summed E-state index contributed by atoms with van der Waals surface area (Å²) in [7, 11) is 0. The monoisotopic (exact) mass is 334 g/mol. The molecule has 1 aromatic heterocycles. The Morgan fingerprint density at radius 3 is 2.88 bits per heavy atom. The quantitative estimate of drug-likeness (QED) is 0.891. The minimum atomic E-state index is -0.210. The number of carbonyl (C=O) groups excluding carboxylic acids is 1. The average molecular weight is 334 g/mol. The van der Waals surface area contributed by atoms with Gasteiger partial charge in [0.05, 0.1) is 17.3 Å². The van der Waals surface area contributed by atoms with Crippen molar-refractivity contribution in [2.75, 3.05) is 19.7 Å². The predicted molar refractivity (Wildman–Crippen MR) is 93.0 cm³/mol. The summed E-state index contributed by atoms with van der Waals surface area (Å²) in [5, 5.41) is 10.5. The van der Waals surface area contributed by atoms with Crippen LogP contribution in [0.3, 0.4) is 0 Å². The second-order valence-electron chi connectivity index (χ2n) is 7.47. The van der Waals surface area contributed by atoms with Crippen molar-refractivity contribution in [1.82, 2.24) is 20.4 Å². The third-order valence-corrected chi connectivity index (χ3v) is 5.45. The highest BCUT2D eigenvalue weighted by Gasteiger charge is 2.33. The molecule has 2 N–H and O–H groups in total. The number of hydrogen-bond acceptors (Lipinski definition) is 3. The molecule has 6 heteroatoms. The van der Waals surface area contributed by atoms with E-state index in [2.05, 4.69) is 22.4 Å². The van der Waals surface area contributed by atoms with Gasteiger partial charge in [-0.25, -0.2) is 4.79 Å². The molecule has 0 radical (unpaired) electrons. The van der Waals surface area contributed by atoms with Gasteiger partial charge in [0.15, 0.2) is 0 Å². The van der Waals surface area contributed by atoms with Gasteiger partial charge in [0.2, 0.25) is 0 Å². The molecule has 0 bridgehead atoms. The molecular formula is C18H30N4O2. The highest BCUT2D eigenvalue weighted by molar-refractivity contribution is 5.75. The number of amides is 2. The van der Waals surface area contributed by atoms with Crippen LogP contribution in [0.1, 0.15) is 68.4 Å². The lowest BCUT2D eigenvalue weighted by atomic mass is 9.99. The highest BCUT2D eigenvalue weighted by atomic mass is 16.5. The predicted octanol–water partition coefficient (Wildman–Crippen LogP) is 3.22. The van der Waals surface area contributed by atoms with E-state index in [0.717, 1.165) is 56.6 Å². The number of urea groups is 1. The smallest absolute Gasteiger partial charge is 0.318 e. The third-order valence-electron chi connectivity index (χ3n) is 5.45. The van der Waals surface area contributed by atoms with Gasteiger partial charge in [0, 0.05) is 31.0 Å². The molecular weight excluding hydrogens is 304 g/mol. The van der Waals surface area contributed by atoms with Gasteiger partial charge >= 0.3 is 6.03 Å². The molecule has 1 aromatic rings. The molecule has 0 spiro atoms. The maximum absolute atomic E-state index is 12.9. The van der Waals surface area contributed by atoms with Crippen molar-refractivity contribution in [1.29, 1.82) is 0 Å². The van der Waals surface area contributed by atoms with Gasteiger partial charge in [0.1, 0.15) is 0 Å². The number of hydrogen-bond donors (Lipinski definition) is 2. The standard InChI is InChI=1S/C18H30N4O2/c1-13-16(14(2)21-20-13)15-8-5-4-6-10-22(15)17(23)19-12-18(3)9-7-11-24-18/h15H,4-12H2,1-3H3,(H,19,23)(H,20,21). The van der Waals surface area contributed by atoms with Crippen LogP contribution in [0, 0.1) is 13.8 Å². The summed E-state index contributed by atoms with van der Waals surface area (Å²) in [6.45, 7) is 8.34. The van der Waals surface area contributed by atoms with E-state index in [4.69, 9.17) is 4.74 Å². The second kappa shape index (κ2) is 7.13. The van der Waals surface area contributed by atoms with E-state index in [9.17, 15) is 4.79 Å². The topological polar surface area (TPSA) is 70.2 Å². The minimum Gasteiger partial charge on any atom is -0.373 e. The first-order valence-electron chi connectivity index (χ1n) is 9.20. The zero-order valence-electron chi connectivity index (χ0n) is 15.2. The van der Waals surface area contributed by atoms with Gasteiger partial charge < -0.3 is 15.0 Å². The lowest BCUT2D eigenvalue weighted by Gasteiger charge is -2.32. The molecule has 2 saturated heterocycles. The number of rotatable bonds is 3. The number of nitrogens with one attached hydrogen (secondary N) is 2. The molecule has 2 atom stereocenters. The van der Waals surface area contributed by atoms with E-state index in [1.807, 2.05) is 18.7 Å². The third kappa shape index (κ3) is 3.58. The molecule has 3 rings (SSSR count). The molecule has 2 amide bonds. The zero-order valence-corrected chi connectivity index (χ0v) is 15.2. The molecule has 134 valence electrons. The number of carbonyl (C=O) groups is 1. The molecule has 2 fully saturated rings. The van der Waals surface area contributed by atoms with Gasteiger partial charge in [-0.3, -0.25) is 5.10 Å². The number of ether oxygens (including phenoxy) is 1. The molecule has 3 heterocycles. The SMILES string of the molecule is Cc1n[nH]c(C)c1C1CCCCCN1C(=O)NCC1(C)CCCO1. The number of nitrogens with zero attached hydrogens (tertiary/aromatic N) is 2. The number of H-pyrrole nitrogens is 1. The molecule has 6 nitrogen and oxygen atoms in total. The number of likely N-dealkylation sites (tertiary alicyclic amines) is 1. The van der Waals surface area contributed by atoms with Crippen molar-refractivity contribution < 1.29 is 9.53 Å². The minimum absolute atomic E-state index is 0.0265. The van der Waals surface area contributed by atoms with Crippen LogP contribution in [0.15, 0.2) is 0 Å². The Bertz CT molecular complexity index is 558. The van der Waals surface area contributed by atoms with E-state index in [1.54, 1.807) is 0 Å². The molecule has 2 aliphatic heterocycles. The molecule has 2 aliphatic rings. The summed E-state index contributed by atoms with van der Waals surface area (Å²) < 4.78 is 5.79. The first-order chi connectivity index (χ1) is 11.5. The maximum Gasteiger partial charge on any atom is 0.318 e. The Kier molecular flexibility index (Phi) is 5.13. The van der Waals surface area contributed by atoms with Crippen molar-refractivity contribution in [3.8, 4) is 0 Å². The summed E-state index contributed by atoms with van der Waals surface area (Å²) in [5.74, 6) is 0. The number of aromatic amines is 1. The lowest BCUT2D eigenvalue weighted by molar-refractivity contribution is 0.0214. The average Bonchev–Trinajstić information content (AvgIpc) is 3.03. The first-order valence-corrected chi connectivity index (χ1v) is 9.20. The molecule has 2 unspecified atom stereocenters. The van der Waals surface area contributed by atoms with Crippen molar-refractivity contribution in [3.05, 3.63) is 17.0 Å². The summed E-state index contributed by atoms with van der Waals surface area (Å²) >= 11 is 0.